The predicted octanol–water partition coefficient (Wildman–Crippen LogP) is 9.40. The Labute approximate surface area is 190 Å². The van der Waals surface area contributed by atoms with Gasteiger partial charge in [0.1, 0.15) is 5.75 Å². The van der Waals surface area contributed by atoms with E-state index in [0.717, 1.165) is 28.5 Å². The van der Waals surface area contributed by atoms with Crippen LogP contribution in [0.2, 0.25) is 0 Å². The monoisotopic (exact) mass is 446 g/mol. The van der Waals surface area contributed by atoms with E-state index in [9.17, 15) is 13.2 Å². The van der Waals surface area contributed by atoms with E-state index in [1.165, 1.54) is 94.7 Å². The van der Waals surface area contributed by atoms with Gasteiger partial charge >= 0.3 is 6.36 Å². The lowest BCUT2D eigenvalue weighted by Gasteiger charge is -2.42. The zero-order valence-electron chi connectivity index (χ0n) is 19.3. The van der Waals surface area contributed by atoms with Crippen molar-refractivity contribution in [2.24, 2.45) is 17.8 Å². The lowest BCUT2D eigenvalue weighted by Crippen LogP contribution is -2.30. The van der Waals surface area contributed by atoms with Crippen LogP contribution in [0.1, 0.15) is 95.5 Å². The van der Waals surface area contributed by atoms with Gasteiger partial charge in [-0.25, -0.2) is 0 Å². The molecule has 0 heterocycles. The van der Waals surface area contributed by atoms with Gasteiger partial charge in [-0.2, -0.15) is 0 Å². The third kappa shape index (κ3) is 6.20. The van der Waals surface area contributed by atoms with Crippen LogP contribution in [0.5, 0.6) is 5.75 Å². The molecule has 0 bridgehead atoms. The minimum Gasteiger partial charge on any atom is -0.406 e. The van der Waals surface area contributed by atoms with Gasteiger partial charge in [0.05, 0.1) is 0 Å². The van der Waals surface area contributed by atoms with E-state index in [0.29, 0.717) is 5.92 Å². The molecule has 0 amide bonds. The van der Waals surface area contributed by atoms with Crippen molar-refractivity contribution in [3.8, 4) is 5.75 Å². The van der Waals surface area contributed by atoms with E-state index in [-0.39, 0.29) is 5.75 Å². The van der Waals surface area contributed by atoms with Gasteiger partial charge in [0, 0.05) is 0 Å². The summed E-state index contributed by atoms with van der Waals surface area (Å²) in [4.78, 5) is 0. The fourth-order valence-corrected chi connectivity index (χ4v) is 6.28. The lowest BCUT2D eigenvalue weighted by molar-refractivity contribution is -0.274. The SMILES string of the molecule is CCCCCCC[C@@H]1CC[C@@H]2CC(c3ccc4cc(OC(F)(F)F)ccc4c3)CCC2C1. The molecular formula is C28H37F3O. The Balaban J connectivity index is 1.32. The molecule has 4 heteroatoms. The van der Waals surface area contributed by atoms with E-state index in [2.05, 4.69) is 23.8 Å². The fourth-order valence-electron chi connectivity index (χ4n) is 6.28. The van der Waals surface area contributed by atoms with E-state index in [1.54, 1.807) is 6.07 Å². The molecule has 2 saturated carbocycles. The number of benzene rings is 2. The molecule has 2 aliphatic carbocycles. The third-order valence-electron chi connectivity index (χ3n) is 7.98. The van der Waals surface area contributed by atoms with Crippen molar-refractivity contribution < 1.29 is 17.9 Å². The summed E-state index contributed by atoms with van der Waals surface area (Å²) in [6.45, 7) is 2.28. The van der Waals surface area contributed by atoms with Gasteiger partial charge in [-0.3, -0.25) is 0 Å². The molecule has 2 aromatic carbocycles. The first-order valence-electron chi connectivity index (χ1n) is 12.7. The molecule has 0 saturated heterocycles. The van der Waals surface area contributed by atoms with E-state index in [1.807, 2.05) is 6.07 Å². The van der Waals surface area contributed by atoms with Crippen molar-refractivity contribution in [3.05, 3.63) is 42.0 Å². The Morgan fingerprint density at radius 3 is 2.34 bits per heavy atom. The lowest BCUT2D eigenvalue weighted by atomic mass is 9.63. The molecule has 0 aromatic heterocycles. The normalized spacial score (nSPS) is 26.1. The number of fused-ring (bicyclic) bond motifs is 2. The van der Waals surface area contributed by atoms with Gasteiger partial charge in [0.2, 0.25) is 0 Å². The fraction of sp³-hybridized carbons (Fsp3) is 0.643. The standard InChI is InChI=1S/C28H37F3O/c1-2-3-4-5-6-7-20-8-9-22-17-23(11-10-21(22)16-20)24-12-13-26-19-27(32-28(29,30)31)15-14-25(26)18-24/h12-15,18-23H,2-11,16-17H2,1H3/t20-,21?,22-,23?/m1/s1. The van der Waals surface area contributed by atoms with Gasteiger partial charge in [-0.05, 0) is 84.2 Å². The molecular weight excluding hydrogens is 409 g/mol. The van der Waals surface area contributed by atoms with Crippen LogP contribution in [0, 0.1) is 17.8 Å². The Kier molecular flexibility index (Phi) is 7.68. The summed E-state index contributed by atoms with van der Waals surface area (Å²) in [6, 6.07) is 10.9. The van der Waals surface area contributed by atoms with Crippen LogP contribution in [0.3, 0.4) is 0 Å². The maximum atomic E-state index is 12.5. The molecule has 2 unspecified atom stereocenters. The van der Waals surface area contributed by atoms with E-state index < -0.39 is 6.36 Å². The highest BCUT2D eigenvalue weighted by Gasteiger charge is 2.36. The molecule has 2 fully saturated rings. The van der Waals surface area contributed by atoms with E-state index in [4.69, 9.17) is 0 Å². The quantitative estimate of drug-likeness (QED) is 0.367. The highest BCUT2D eigenvalue weighted by Crippen LogP contribution is 2.48. The smallest absolute Gasteiger partial charge is 0.406 e. The third-order valence-corrected chi connectivity index (χ3v) is 7.98. The first kappa shape index (κ1) is 23.4. The second-order valence-electron chi connectivity index (χ2n) is 10.2. The Morgan fingerprint density at radius 1 is 0.812 bits per heavy atom. The zero-order valence-corrected chi connectivity index (χ0v) is 19.3. The molecule has 176 valence electrons. The number of hydrogen-bond acceptors (Lipinski definition) is 1. The molecule has 0 radical (unpaired) electrons. The summed E-state index contributed by atoms with van der Waals surface area (Å²) in [6.07, 6.45) is 11.8. The Morgan fingerprint density at radius 2 is 1.53 bits per heavy atom. The maximum Gasteiger partial charge on any atom is 0.573 e. The Bertz CT molecular complexity index is 875. The number of ether oxygens (including phenoxy) is 1. The summed E-state index contributed by atoms with van der Waals surface area (Å²) in [5.41, 5.74) is 1.35. The number of rotatable bonds is 8. The molecule has 32 heavy (non-hydrogen) atoms. The molecule has 0 spiro atoms. The van der Waals surface area contributed by atoms with Crippen molar-refractivity contribution in [2.75, 3.05) is 0 Å². The first-order chi connectivity index (χ1) is 15.4. The average Bonchev–Trinajstić information content (AvgIpc) is 2.77. The summed E-state index contributed by atoms with van der Waals surface area (Å²) in [5, 5.41) is 1.79. The van der Waals surface area contributed by atoms with Crippen LogP contribution in [-0.4, -0.2) is 6.36 Å². The second kappa shape index (κ2) is 10.5. The minimum absolute atomic E-state index is 0.152. The summed E-state index contributed by atoms with van der Waals surface area (Å²) in [7, 11) is 0. The molecule has 1 nitrogen and oxygen atoms in total. The van der Waals surface area contributed by atoms with Crippen LogP contribution in [0.4, 0.5) is 13.2 Å². The summed E-state index contributed by atoms with van der Waals surface area (Å²) < 4.78 is 41.5. The van der Waals surface area contributed by atoms with Crippen molar-refractivity contribution in [3.63, 3.8) is 0 Å². The number of unbranched alkanes of at least 4 members (excludes halogenated alkanes) is 4. The van der Waals surface area contributed by atoms with Crippen LogP contribution in [-0.2, 0) is 0 Å². The van der Waals surface area contributed by atoms with Gasteiger partial charge < -0.3 is 4.74 Å². The molecule has 4 atom stereocenters. The highest BCUT2D eigenvalue weighted by molar-refractivity contribution is 5.84. The predicted molar refractivity (Wildman–Crippen MR) is 125 cm³/mol. The van der Waals surface area contributed by atoms with Crippen LogP contribution in [0.25, 0.3) is 10.8 Å². The summed E-state index contributed by atoms with van der Waals surface area (Å²) >= 11 is 0. The van der Waals surface area contributed by atoms with Crippen molar-refractivity contribution in [1.29, 1.82) is 0 Å². The van der Waals surface area contributed by atoms with E-state index >= 15 is 0 Å². The number of alkyl halides is 3. The zero-order chi connectivity index (χ0) is 22.6. The van der Waals surface area contributed by atoms with Crippen LogP contribution in [0.15, 0.2) is 36.4 Å². The van der Waals surface area contributed by atoms with Gasteiger partial charge in [-0.1, -0.05) is 76.1 Å². The molecule has 4 rings (SSSR count). The second-order valence-corrected chi connectivity index (χ2v) is 10.2. The van der Waals surface area contributed by atoms with Crippen LogP contribution >= 0.6 is 0 Å². The molecule has 0 N–H and O–H groups in total. The van der Waals surface area contributed by atoms with Crippen molar-refractivity contribution >= 4 is 10.8 Å². The topological polar surface area (TPSA) is 9.23 Å². The largest absolute Gasteiger partial charge is 0.573 e. The minimum atomic E-state index is -4.65. The molecule has 2 aliphatic rings. The number of hydrogen-bond donors (Lipinski definition) is 0. The molecule has 2 aromatic rings. The summed E-state index contributed by atoms with van der Waals surface area (Å²) in [5.74, 6) is 3.13. The molecule has 0 aliphatic heterocycles. The maximum absolute atomic E-state index is 12.5. The highest BCUT2D eigenvalue weighted by atomic mass is 19.4. The Hall–Kier alpha value is -1.71. The van der Waals surface area contributed by atoms with Gasteiger partial charge in [0.15, 0.2) is 0 Å². The van der Waals surface area contributed by atoms with Gasteiger partial charge in [0.25, 0.3) is 0 Å². The average molecular weight is 447 g/mol. The van der Waals surface area contributed by atoms with Crippen molar-refractivity contribution in [1.82, 2.24) is 0 Å². The van der Waals surface area contributed by atoms with Crippen LogP contribution < -0.4 is 4.74 Å². The van der Waals surface area contributed by atoms with Crippen molar-refractivity contribution in [2.45, 2.75) is 96.3 Å². The number of halogens is 3. The van der Waals surface area contributed by atoms with Gasteiger partial charge in [-0.15, -0.1) is 13.2 Å². The first-order valence-corrected chi connectivity index (χ1v) is 12.7.